The molecular formula is C42H50N8O6. The summed E-state index contributed by atoms with van der Waals surface area (Å²) < 4.78 is 9.58. The average Bonchev–Trinajstić information content (AvgIpc) is 3.79. The number of aromatic nitrogens is 4. The van der Waals surface area contributed by atoms with E-state index in [0.717, 1.165) is 71.0 Å². The van der Waals surface area contributed by atoms with Crippen molar-refractivity contribution in [1.29, 1.82) is 0 Å². The molecule has 0 radical (unpaired) electrons. The lowest BCUT2D eigenvalue weighted by molar-refractivity contribution is -0.137. The molecule has 4 heterocycles. The van der Waals surface area contributed by atoms with Gasteiger partial charge in [0.05, 0.1) is 50.1 Å². The van der Waals surface area contributed by atoms with Crippen molar-refractivity contribution in [2.24, 2.45) is 23.7 Å². The van der Waals surface area contributed by atoms with E-state index in [-0.39, 0.29) is 47.8 Å². The summed E-state index contributed by atoms with van der Waals surface area (Å²) >= 11 is 0. The zero-order chi connectivity index (χ0) is 39.4. The Morgan fingerprint density at radius 2 is 0.964 bits per heavy atom. The summed E-state index contributed by atoms with van der Waals surface area (Å²) in [6.07, 6.45) is 6.06. The fraction of sp³-hybridized carbons (Fsp3) is 0.476. The molecule has 2 aromatic carbocycles. The second kappa shape index (κ2) is 14.8. The number of nitrogens with zero attached hydrogens (tertiary/aromatic N) is 4. The van der Waals surface area contributed by atoms with Gasteiger partial charge in [-0.2, -0.15) is 0 Å². The molecule has 4 aromatic rings. The van der Waals surface area contributed by atoms with Crippen LogP contribution in [-0.4, -0.2) is 92.1 Å². The fourth-order valence-electron chi connectivity index (χ4n) is 8.74. The lowest BCUT2D eigenvalue weighted by Crippen LogP contribution is -2.52. The zero-order valence-corrected chi connectivity index (χ0v) is 32.6. The number of fused-ring (bicyclic) bond motifs is 2. The van der Waals surface area contributed by atoms with E-state index in [1.807, 2.05) is 49.9 Å². The molecule has 4 amide bonds. The Kier molecular flexibility index (Phi) is 9.83. The summed E-state index contributed by atoms with van der Waals surface area (Å²) in [7, 11) is 2.60. The molecule has 4 N–H and O–H groups in total. The molecule has 2 aliphatic heterocycles. The third kappa shape index (κ3) is 7.01. The molecule has 8 atom stereocenters. The Morgan fingerprint density at radius 1 is 0.607 bits per heavy atom. The lowest BCUT2D eigenvalue weighted by Gasteiger charge is -2.31. The van der Waals surface area contributed by atoms with Gasteiger partial charge in [0.25, 0.3) is 0 Å². The van der Waals surface area contributed by atoms with E-state index in [2.05, 4.69) is 69.1 Å². The van der Waals surface area contributed by atoms with Crippen LogP contribution < -0.4 is 10.6 Å². The quantitative estimate of drug-likeness (QED) is 0.139. The number of amides is 4. The highest BCUT2D eigenvalue weighted by Gasteiger charge is 2.57. The third-order valence-electron chi connectivity index (χ3n) is 12.0. The van der Waals surface area contributed by atoms with Gasteiger partial charge in [0.15, 0.2) is 0 Å². The number of rotatable bonds is 11. The minimum atomic E-state index is -0.676. The molecule has 14 nitrogen and oxygen atoms in total. The Labute approximate surface area is 326 Å². The van der Waals surface area contributed by atoms with Gasteiger partial charge in [0.2, 0.25) is 11.8 Å². The number of aromatic amines is 2. The van der Waals surface area contributed by atoms with Crippen molar-refractivity contribution in [2.75, 3.05) is 14.2 Å². The van der Waals surface area contributed by atoms with Gasteiger partial charge in [0, 0.05) is 12.1 Å². The standard InChI is InChI=1S/C42H50N8O6/c1-21(2)35(47-41(53)55-5)39(51)49-31-15-27(31)17-33(49)37-43-19-29(45-37)25-11-7-23(8-12-25)24-9-13-26(14-10-24)30-20-44-38(46-30)34-18-28-16-32(28)50(34)40(52)36(22(3)4)48-42(54)56-6/h7-14,19-22,27-28,31-36H,15-18H2,1-6H3,(H,43,45)(H,44,46)(H,47,53)(H,48,54)/t27-,28-,31-,32-,33-,34-,35+,36+/m0/s1. The molecule has 0 spiro atoms. The molecule has 8 rings (SSSR count). The van der Waals surface area contributed by atoms with Gasteiger partial charge in [-0.05, 0) is 71.6 Å². The summed E-state index contributed by atoms with van der Waals surface area (Å²) in [6.45, 7) is 7.67. The number of alkyl carbamates (subject to hydrolysis) is 2. The van der Waals surface area contributed by atoms with E-state index in [1.54, 1.807) is 0 Å². The Hall–Kier alpha value is -5.66. The van der Waals surface area contributed by atoms with Crippen molar-refractivity contribution < 1.29 is 28.7 Å². The number of hydrogen-bond donors (Lipinski definition) is 4. The van der Waals surface area contributed by atoms with Gasteiger partial charge < -0.3 is 39.9 Å². The maximum atomic E-state index is 13.8. The Balaban J connectivity index is 0.931. The van der Waals surface area contributed by atoms with Crippen LogP contribution in [0.5, 0.6) is 0 Å². The van der Waals surface area contributed by atoms with Crippen molar-refractivity contribution in [3.63, 3.8) is 0 Å². The largest absolute Gasteiger partial charge is 0.453 e. The molecule has 0 bridgehead atoms. The first-order valence-electron chi connectivity index (χ1n) is 19.6. The highest BCUT2D eigenvalue weighted by molar-refractivity contribution is 5.88. The number of carbonyl (C=O) groups excluding carboxylic acids is 4. The molecule has 2 saturated heterocycles. The minimum Gasteiger partial charge on any atom is -0.453 e. The monoisotopic (exact) mass is 762 g/mol. The van der Waals surface area contributed by atoms with Crippen molar-refractivity contribution in [3.05, 3.63) is 72.6 Å². The molecule has 2 aliphatic carbocycles. The predicted octanol–water partition coefficient (Wildman–Crippen LogP) is 6.22. The molecule has 294 valence electrons. The fourth-order valence-corrected chi connectivity index (χ4v) is 8.74. The Bertz CT molecular complexity index is 1960. The smallest absolute Gasteiger partial charge is 0.407 e. The Morgan fingerprint density at radius 3 is 1.30 bits per heavy atom. The van der Waals surface area contributed by atoms with Crippen LogP contribution in [0.25, 0.3) is 33.6 Å². The molecular weight excluding hydrogens is 713 g/mol. The van der Waals surface area contributed by atoms with Crippen LogP contribution in [-0.2, 0) is 19.1 Å². The summed E-state index contributed by atoms with van der Waals surface area (Å²) in [4.78, 5) is 71.9. The molecule has 0 unspecified atom stereocenters. The summed E-state index contributed by atoms with van der Waals surface area (Å²) in [5.74, 6) is 2.01. The maximum Gasteiger partial charge on any atom is 0.407 e. The maximum absolute atomic E-state index is 13.8. The summed E-state index contributed by atoms with van der Waals surface area (Å²) in [5, 5.41) is 5.47. The normalized spacial score (nSPS) is 24.4. The molecule has 4 aliphatic rings. The number of hydrogen-bond acceptors (Lipinski definition) is 8. The topological polar surface area (TPSA) is 175 Å². The number of methoxy groups -OCH3 is 2. The molecule has 2 aromatic heterocycles. The number of ether oxygens (including phenoxy) is 2. The van der Waals surface area contributed by atoms with Crippen LogP contribution in [0.3, 0.4) is 0 Å². The van der Waals surface area contributed by atoms with Crippen LogP contribution >= 0.6 is 0 Å². The second-order valence-corrected chi connectivity index (χ2v) is 16.4. The number of H-pyrrole nitrogens is 2. The van der Waals surface area contributed by atoms with Crippen molar-refractivity contribution in [3.8, 4) is 33.6 Å². The van der Waals surface area contributed by atoms with Crippen molar-refractivity contribution >= 4 is 24.0 Å². The van der Waals surface area contributed by atoms with E-state index in [0.29, 0.717) is 11.8 Å². The number of likely N-dealkylation sites (tertiary alicyclic amines) is 2. The van der Waals surface area contributed by atoms with E-state index in [1.165, 1.54) is 14.2 Å². The number of benzene rings is 2. The third-order valence-corrected chi connectivity index (χ3v) is 12.0. The van der Waals surface area contributed by atoms with Crippen molar-refractivity contribution in [1.82, 2.24) is 40.4 Å². The van der Waals surface area contributed by atoms with Gasteiger partial charge in [-0.1, -0.05) is 76.2 Å². The average molecular weight is 763 g/mol. The number of piperidine rings is 2. The second-order valence-electron chi connectivity index (χ2n) is 16.4. The first kappa shape index (κ1) is 37.3. The highest BCUT2D eigenvalue weighted by Crippen LogP contribution is 2.54. The number of imidazole rings is 2. The first-order valence-corrected chi connectivity index (χ1v) is 19.6. The van der Waals surface area contributed by atoms with Crippen molar-refractivity contribution in [2.45, 2.75) is 89.6 Å². The molecule has 4 fully saturated rings. The van der Waals surface area contributed by atoms with E-state index < -0.39 is 24.3 Å². The highest BCUT2D eigenvalue weighted by atomic mass is 16.5. The summed E-state index contributed by atoms with van der Waals surface area (Å²) in [6, 6.07) is 15.2. The van der Waals surface area contributed by atoms with E-state index in [9.17, 15) is 19.2 Å². The minimum absolute atomic E-state index is 0.0971. The van der Waals surface area contributed by atoms with Crippen LogP contribution in [0, 0.1) is 23.7 Å². The van der Waals surface area contributed by atoms with Gasteiger partial charge in [0.1, 0.15) is 23.7 Å². The van der Waals surface area contributed by atoms with Crippen LogP contribution in [0.1, 0.15) is 77.1 Å². The van der Waals surface area contributed by atoms with Gasteiger partial charge in [-0.3, -0.25) is 9.59 Å². The SMILES string of the molecule is COC(=O)N[C@@H](C(=O)N1[C@H](c2ncc(-c3ccc(-c4ccc(-c5cnc([C@@H]6C[C@@H]7C[C@@H]7N6C(=O)[C@H](NC(=O)OC)C(C)C)[nH]5)cc4)cc3)[nH]2)C[C@@H]2C[C@@H]21)C(C)C. The number of nitrogens with one attached hydrogen (secondary N) is 4. The van der Waals surface area contributed by atoms with Crippen LogP contribution in [0.4, 0.5) is 9.59 Å². The molecule has 14 heteroatoms. The van der Waals surface area contributed by atoms with E-state index >= 15 is 0 Å². The molecule has 56 heavy (non-hydrogen) atoms. The van der Waals surface area contributed by atoms with Gasteiger partial charge >= 0.3 is 12.2 Å². The van der Waals surface area contributed by atoms with Crippen LogP contribution in [0.15, 0.2) is 60.9 Å². The lowest BCUT2D eigenvalue weighted by atomic mass is 10.0. The van der Waals surface area contributed by atoms with Gasteiger partial charge in [-0.25, -0.2) is 19.6 Å². The zero-order valence-electron chi connectivity index (χ0n) is 32.6. The van der Waals surface area contributed by atoms with E-state index in [4.69, 9.17) is 19.4 Å². The van der Waals surface area contributed by atoms with Crippen LogP contribution in [0.2, 0.25) is 0 Å². The summed E-state index contributed by atoms with van der Waals surface area (Å²) in [5.41, 5.74) is 5.85. The predicted molar refractivity (Wildman–Crippen MR) is 208 cm³/mol. The number of carbonyl (C=O) groups is 4. The first-order chi connectivity index (χ1) is 26.9. The van der Waals surface area contributed by atoms with Gasteiger partial charge in [-0.15, -0.1) is 0 Å². The molecule has 2 saturated carbocycles.